The molecule has 0 saturated carbocycles. The van der Waals surface area contributed by atoms with Crippen LogP contribution in [0.2, 0.25) is 0 Å². The number of hydrogen-bond donors (Lipinski definition) is 1. The lowest BCUT2D eigenvalue weighted by molar-refractivity contribution is 0.470. The van der Waals surface area contributed by atoms with Crippen molar-refractivity contribution in [3.05, 3.63) is 28.8 Å². The summed E-state index contributed by atoms with van der Waals surface area (Å²) < 4.78 is 2.88. The Hall–Kier alpha value is -0.680. The third-order valence-electron chi connectivity index (χ3n) is 3.19. The van der Waals surface area contributed by atoms with E-state index in [1.54, 1.807) is 12.3 Å². The van der Waals surface area contributed by atoms with Crippen molar-refractivity contribution in [2.24, 2.45) is 0 Å². The van der Waals surface area contributed by atoms with Crippen LogP contribution in [-0.4, -0.2) is 26.0 Å². The molecule has 2 aromatic rings. The molecule has 0 radical (unpaired) electrons. The topological polar surface area (TPSA) is 37.5 Å². The number of aromatic nitrogens is 2. The van der Waals surface area contributed by atoms with E-state index < -0.39 is 0 Å². The molecule has 0 unspecified atom stereocenters. The summed E-state index contributed by atoms with van der Waals surface area (Å²) >= 11 is 5.50. The Morgan fingerprint density at radius 3 is 2.88 bits per heavy atom. The Bertz CT molecular complexity index is 549. The van der Waals surface area contributed by atoms with Crippen molar-refractivity contribution in [2.75, 3.05) is 11.5 Å². The molecule has 0 bridgehead atoms. The van der Waals surface area contributed by atoms with Crippen LogP contribution in [0.4, 0.5) is 0 Å². The second-order valence-corrected chi connectivity index (χ2v) is 6.27. The van der Waals surface area contributed by atoms with Crippen LogP contribution < -0.4 is 0 Å². The van der Waals surface area contributed by atoms with E-state index in [1.807, 2.05) is 22.2 Å². The van der Waals surface area contributed by atoms with Gasteiger partial charge in [0, 0.05) is 5.92 Å². The zero-order valence-electron chi connectivity index (χ0n) is 9.27. The van der Waals surface area contributed by atoms with Crippen molar-refractivity contribution in [3.63, 3.8) is 0 Å². The molecular weight excluding hydrogens is 300 g/mol. The highest BCUT2D eigenvalue weighted by Crippen LogP contribution is 2.33. The molecule has 5 heteroatoms. The maximum absolute atomic E-state index is 9.59. The van der Waals surface area contributed by atoms with Crippen LogP contribution in [0.3, 0.4) is 0 Å². The molecule has 1 aliphatic heterocycles. The molecule has 17 heavy (non-hydrogen) atoms. The first kappa shape index (κ1) is 11.4. The molecule has 2 aromatic heterocycles. The fourth-order valence-electron chi connectivity index (χ4n) is 2.30. The number of thioether (sulfide) groups is 1. The average Bonchev–Trinajstić information content (AvgIpc) is 2.67. The normalized spacial score (nSPS) is 17.7. The molecule has 0 atom stereocenters. The van der Waals surface area contributed by atoms with E-state index in [4.69, 9.17) is 0 Å². The van der Waals surface area contributed by atoms with E-state index in [2.05, 4.69) is 20.9 Å². The molecule has 1 saturated heterocycles. The summed E-state index contributed by atoms with van der Waals surface area (Å²) in [6.45, 7) is 0. The SMILES string of the molecule is Oc1ccc2c(Br)nc(C3CCSCC3)n2c1. The predicted molar refractivity (Wildman–Crippen MR) is 73.9 cm³/mol. The molecule has 1 N–H and O–H groups in total. The average molecular weight is 313 g/mol. The van der Waals surface area contributed by atoms with Crippen molar-refractivity contribution in [3.8, 4) is 5.75 Å². The van der Waals surface area contributed by atoms with Gasteiger partial charge in [0.25, 0.3) is 0 Å². The largest absolute Gasteiger partial charge is 0.506 e. The van der Waals surface area contributed by atoms with Gasteiger partial charge in [-0.05, 0) is 52.4 Å². The number of aromatic hydroxyl groups is 1. The van der Waals surface area contributed by atoms with Crippen molar-refractivity contribution in [2.45, 2.75) is 18.8 Å². The van der Waals surface area contributed by atoms with Gasteiger partial charge in [0.15, 0.2) is 0 Å². The molecular formula is C12H13BrN2OS. The van der Waals surface area contributed by atoms with Crippen LogP contribution in [0.1, 0.15) is 24.6 Å². The summed E-state index contributed by atoms with van der Waals surface area (Å²) in [5.41, 5.74) is 1.02. The van der Waals surface area contributed by atoms with Crippen LogP contribution >= 0.6 is 27.7 Å². The summed E-state index contributed by atoms with van der Waals surface area (Å²) in [5.74, 6) is 4.28. The van der Waals surface area contributed by atoms with Crippen LogP contribution in [0, 0.1) is 0 Å². The minimum atomic E-state index is 0.286. The Morgan fingerprint density at radius 2 is 2.12 bits per heavy atom. The Morgan fingerprint density at radius 1 is 1.35 bits per heavy atom. The van der Waals surface area contributed by atoms with Gasteiger partial charge >= 0.3 is 0 Å². The Kier molecular flexibility index (Phi) is 3.04. The lowest BCUT2D eigenvalue weighted by Crippen LogP contribution is -2.11. The van der Waals surface area contributed by atoms with Gasteiger partial charge in [-0.25, -0.2) is 4.98 Å². The van der Waals surface area contributed by atoms with Crippen molar-refractivity contribution in [1.29, 1.82) is 0 Å². The predicted octanol–water partition coefficient (Wildman–Crippen LogP) is 3.41. The maximum atomic E-state index is 9.59. The third kappa shape index (κ3) is 2.06. The van der Waals surface area contributed by atoms with Crippen LogP contribution in [0.15, 0.2) is 22.9 Å². The minimum absolute atomic E-state index is 0.286. The second-order valence-electron chi connectivity index (χ2n) is 4.29. The van der Waals surface area contributed by atoms with Crippen molar-refractivity contribution in [1.82, 2.24) is 9.38 Å². The van der Waals surface area contributed by atoms with Gasteiger partial charge in [0.2, 0.25) is 0 Å². The van der Waals surface area contributed by atoms with Gasteiger partial charge < -0.3 is 5.11 Å². The van der Waals surface area contributed by atoms with Crippen molar-refractivity contribution >= 4 is 33.2 Å². The number of rotatable bonds is 1. The zero-order chi connectivity index (χ0) is 11.8. The molecule has 0 aromatic carbocycles. The first-order valence-corrected chi connectivity index (χ1v) is 7.64. The first-order valence-electron chi connectivity index (χ1n) is 5.70. The van der Waals surface area contributed by atoms with Crippen molar-refractivity contribution < 1.29 is 5.11 Å². The third-order valence-corrected chi connectivity index (χ3v) is 4.82. The lowest BCUT2D eigenvalue weighted by Gasteiger charge is -2.20. The summed E-state index contributed by atoms with van der Waals surface area (Å²) in [4.78, 5) is 4.61. The number of pyridine rings is 1. The fourth-order valence-corrected chi connectivity index (χ4v) is 3.91. The van der Waals surface area contributed by atoms with Gasteiger partial charge in [0.1, 0.15) is 16.2 Å². The zero-order valence-corrected chi connectivity index (χ0v) is 11.7. The number of fused-ring (bicyclic) bond motifs is 1. The van der Waals surface area contributed by atoms with Gasteiger partial charge in [-0.1, -0.05) is 0 Å². The summed E-state index contributed by atoms with van der Waals surface area (Å²) in [6, 6.07) is 3.59. The van der Waals surface area contributed by atoms with Gasteiger partial charge in [0.05, 0.1) is 11.7 Å². The highest BCUT2D eigenvalue weighted by molar-refractivity contribution is 9.10. The smallest absolute Gasteiger partial charge is 0.132 e. The highest BCUT2D eigenvalue weighted by atomic mass is 79.9. The van der Waals surface area contributed by atoms with Gasteiger partial charge in [-0.3, -0.25) is 4.40 Å². The molecule has 3 rings (SSSR count). The Balaban J connectivity index is 2.11. The minimum Gasteiger partial charge on any atom is -0.506 e. The standard InChI is InChI=1S/C12H13BrN2OS/c13-11-10-2-1-9(16)7-15(10)12(14-11)8-3-5-17-6-4-8/h1-2,7-8,16H,3-6H2. The lowest BCUT2D eigenvalue weighted by atomic mass is 10.0. The molecule has 0 spiro atoms. The summed E-state index contributed by atoms with van der Waals surface area (Å²) in [5, 5.41) is 9.59. The molecule has 90 valence electrons. The molecule has 3 heterocycles. The first-order chi connectivity index (χ1) is 8.25. The van der Waals surface area contributed by atoms with Crippen LogP contribution in [0.5, 0.6) is 5.75 Å². The quantitative estimate of drug-likeness (QED) is 0.876. The summed E-state index contributed by atoms with van der Waals surface area (Å²) in [7, 11) is 0. The Labute approximate surface area is 112 Å². The van der Waals surface area contributed by atoms with Crippen LogP contribution in [-0.2, 0) is 0 Å². The van der Waals surface area contributed by atoms with E-state index in [0.717, 1.165) is 15.9 Å². The van der Waals surface area contributed by atoms with E-state index in [-0.39, 0.29) is 5.75 Å². The second kappa shape index (κ2) is 4.53. The molecule has 0 aliphatic carbocycles. The number of hydrogen-bond acceptors (Lipinski definition) is 3. The molecule has 0 amide bonds. The highest BCUT2D eigenvalue weighted by Gasteiger charge is 2.21. The fraction of sp³-hybridized carbons (Fsp3) is 0.417. The van der Waals surface area contributed by atoms with E-state index in [9.17, 15) is 5.11 Å². The number of halogens is 1. The molecule has 1 fully saturated rings. The maximum Gasteiger partial charge on any atom is 0.132 e. The van der Waals surface area contributed by atoms with E-state index >= 15 is 0 Å². The monoisotopic (exact) mass is 312 g/mol. The van der Waals surface area contributed by atoms with Gasteiger partial charge in [-0.15, -0.1) is 0 Å². The van der Waals surface area contributed by atoms with E-state index in [0.29, 0.717) is 5.92 Å². The van der Waals surface area contributed by atoms with Gasteiger partial charge in [-0.2, -0.15) is 11.8 Å². The molecule has 3 nitrogen and oxygen atoms in total. The van der Waals surface area contributed by atoms with Crippen LogP contribution in [0.25, 0.3) is 5.52 Å². The van der Waals surface area contributed by atoms with E-state index in [1.165, 1.54) is 24.3 Å². The summed E-state index contributed by atoms with van der Waals surface area (Å²) in [6.07, 6.45) is 4.10. The number of nitrogens with zero attached hydrogens (tertiary/aromatic N) is 2. The molecule has 1 aliphatic rings. The number of imidazole rings is 1.